The molecule has 0 bridgehead atoms. The second-order valence-electron chi connectivity index (χ2n) is 2.44. The first-order valence-electron chi connectivity index (χ1n) is 3.44. The topological polar surface area (TPSA) is 55.8 Å². The summed E-state index contributed by atoms with van der Waals surface area (Å²) in [6.07, 6.45) is -0.985. The maximum absolute atomic E-state index is 10.6. The lowest BCUT2D eigenvalue weighted by molar-refractivity contribution is -0.229. The van der Waals surface area contributed by atoms with Crippen molar-refractivity contribution in [1.29, 1.82) is 0 Å². The molecule has 0 fully saturated rings. The molecule has 12 heavy (non-hydrogen) atoms. The van der Waals surface area contributed by atoms with Gasteiger partial charge in [0.05, 0.1) is 0 Å². The minimum absolute atomic E-state index is 0.477. The van der Waals surface area contributed by atoms with Crippen LogP contribution in [0, 0.1) is 0 Å². The average Bonchev–Trinajstić information content (AvgIpc) is 2.47. The molecule has 2 rings (SSSR count). The third-order valence-corrected chi connectivity index (χ3v) is 1.66. The van der Waals surface area contributed by atoms with Crippen LogP contribution in [0.4, 0.5) is 0 Å². The minimum atomic E-state index is -1.04. The van der Waals surface area contributed by atoms with E-state index in [9.17, 15) is 4.79 Å². The Hall–Kier alpha value is -1.55. The van der Waals surface area contributed by atoms with Crippen LogP contribution in [0.1, 0.15) is 11.7 Å². The molecule has 4 heteroatoms. The average molecular weight is 166 g/mol. The first-order chi connectivity index (χ1) is 5.79. The predicted molar refractivity (Wildman–Crippen MR) is 38.5 cm³/mol. The van der Waals surface area contributed by atoms with Crippen LogP contribution < -0.4 is 4.89 Å². The molecule has 0 aromatic heterocycles. The molecule has 0 radical (unpaired) electrons. The van der Waals surface area contributed by atoms with Crippen molar-refractivity contribution in [3.05, 3.63) is 29.8 Å². The largest absolute Gasteiger partial charge is 0.479 e. The molecule has 1 aromatic rings. The van der Waals surface area contributed by atoms with Gasteiger partial charge in [0.1, 0.15) is 0 Å². The van der Waals surface area contributed by atoms with Crippen LogP contribution >= 0.6 is 0 Å². The van der Waals surface area contributed by atoms with Gasteiger partial charge in [0.15, 0.2) is 5.75 Å². The summed E-state index contributed by atoms with van der Waals surface area (Å²) in [6, 6.07) is 6.83. The van der Waals surface area contributed by atoms with Crippen molar-refractivity contribution in [1.82, 2.24) is 0 Å². The quantitative estimate of drug-likeness (QED) is 0.635. The summed E-state index contributed by atoms with van der Waals surface area (Å²) < 4.78 is 0. The molecule has 4 nitrogen and oxygen atoms in total. The number of hydrogen-bond donors (Lipinski definition) is 1. The third kappa shape index (κ3) is 0.931. The van der Waals surface area contributed by atoms with Gasteiger partial charge in [0.25, 0.3) is 0 Å². The molecule has 1 unspecified atom stereocenters. The number of hydrogen-bond acceptors (Lipinski definition) is 3. The zero-order valence-corrected chi connectivity index (χ0v) is 6.06. The fraction of sp³-hybridized carbons (Fsp3) is 0.125. The molecule has 1 aliphatic rings. The van der Waals surface area contributed by atoms with E-state index >= 15 is 0 Å². The summed E-state index contributed by atoms with van der Waals surface area (Å²) in [5.74, 6) is -0.565. The van der Waals surface area contributed by atoms with Gasteiger partial charge >= 0.3 is 5.97 Å². The van der Waals surface area contributed by atoms with E-state index < -0.39 is 12.1 Å². The highest BCUT2D eigenvalue weighted by molar-refractivity contribution is 5.76. The summed E-state index contributed by atoms with van der Waals surface area (Å²) >= 11 is 0. The summed E-state index contributed by atoms with van der Waals surface area (Å²) in [5.41, 5.74) is 0.560. The molecule has 1 aliphatic heterocycles. The smallest absolute Gasteiger partial charge is 0.342 e. The molecular weight excluding hydrogens is 160 g/mol. The van der Waals surface area contributed by atoms with E-state index in [0.717, 1.165) is 0 Å². The number of fused-ring (bicyclic) bond motifs is 1. The van der Waals surface area contributed by atoms with E-state index in [0.29, 0.717) is 11.3 Å². The number of carboxylic acid groups (broad SMARTS) is 1. The lowest BCUT2D eigenvalue weighted by Gasteiger charge is -1.98. The Kier molecular flexibility index (Phi) is 1.48. The lowest BCUT2D eigenvalue weighted by Crippen LogP contribution is -2.10. The Labute approximate surface area is 68.3 Å². The van der Waals surface area contributed by atoms with E-state index in [1.165, 1.54) is 0 Å². The van der Waals surface area contributed by atoms with Crippen molar-refractivity contribution < 1.29 is 19.7 Å². The normalized spacial score (nSPS) is 19.8. The highest BCUT2D eigenvalue weighted by Gasteiger charge is 2.31. The van der Waals surface area contributed by atoms with Gasteiger partial charge in [-0.15, -0.1) is 0 Å². The number of para-hydroxylation sites is 1. The van der Waals surface area contributed by atoms with E-state index in [2.05, 4.69) is 4.89 Å². The van der Waals surface area contributed by atoms with Gasteiger partial charge in [-0.2, -0.15) is 4.89 Å². The van der Waals surface area contributed by atoms with Crippen molar-refractivity contribution in [2.75, 3.05) is 0 Å². The van der Waals surface area contributed by atoms with Crippen LogP contribution in [0.15, 0.2) is 24.3 Å². The predicted octanol–water partition coefficient (Wildman–Crippen LogP) is 1.14. The number of rotatable bonds is 1. The van der Waals surface area contributed by atoms with Gasteiger partial charge < -0.3 is 9.99 Å². The zero-order chi connectivity index (χ0) is 8.55. The molecular formula is C8H6O4. The zero-order valence-electron chi connectivity index (χ0n) is 6.06. The highest BCUT2D eigenvalue weighted by Crippen LogP contribution is 2.34. The Morgan fingerprint density at radius 1 is 1.42 bits per heavy atom. The number of carboxylic acids is 1. The van der Waals surface area contributed by atoms with Crippen LogP contribution in [0.3, 0.4) is 0 Å². The molecule has 62 valence electrons. The SMILES string of the molecule is O=C(O)C1OOc2ccccc21. The van der Waals surface area contributed by atoms with Crippen LogP contribution in [0.5, 0.6) is 5.75 Å². The first kappa shape index (κ1) is 7.12. The molecule has 0 amide bonds. The third-order valence-electron chi connectivity index (χ3n) is 1.66. The van der Waals surface area contributed by atoms with Crippen LogP contribution in [0.2, 0.25) is 0 Å². The van der Waals surface area contributed by atoms with Gasteiger partial charge in [-0.25, -0.2) is 4.79 Å². The molecule has 1 N–H and O–H groups in total. The molecule has 0 aliphatic carbocycles. The number of aliphatic carboxylic acids is 1. The fourth-order valence-electron chi connectivity index (χ4n) is 1.10. The second kappa shape index (κ2) is 2.49. The second-order valence-corrected chi connectivity index (χ2v) is 2.44. The Morgan fingerprint density at radius 2 is 2.17 bits per heavy atom. The number of carbonyl (C=O) groups is 1. The van der Waals surface area contributed by atoms with Crippen molar-refractivity contribution in [2.45, 2.75) is 6.10 Å². The van der Waals surface area contributed by atoms with Crippen molar-refractivity contribution in [3.63, 3.8) is 0 Å². The first-order valence-corrected chi connectivity index (χ1v) is 3.44. The van der Waals surface area contributed by atoms with E-state index in [1.54, 1.807) is 24.3 Å². The Balaban J connectivity index is 2.42. The van der Waals surface area contributed by atoms with Crippen LogP contribution in [-0.2, 0) is 9.68 Å². The van der Waals surface area contributed by atoms with E-state index in [1.807, 2.05) is 0 Å². The van der Waals surface area contributed by atoms with Crippen LogP contribution in [-0.4, -0.2) is 11.1 Å². The van der Waals surface area contributed by atoms with E-state index in [4.69, 9.17) is 9.99 Å². The Bertz CT molecular complexity index is 321. The van der Waals surface area contributed by atoms with Crippen molar-refractivity contribution in [3.8, 4) is 5.75 Å². The molecule has 0 spiro atoms. The number of benzene rings is 1. The molecule has 0 saturated carbocycles. The van der Waals surface area contributed by atoms with Gasteiger partial charge in [-0.05, 0) is 6.07 Å². The molecule has 0 saturated heterocycles. The fourth-order valence-corrected chi connectivity index (χ4v) is 1.10. The molecule has 1 aromatic carbocycles. The minimum Gasteiger partial charge on any atom is -0.479 e. The maximum Gasteiger partial charge on any atom is 0.342 e. The van der Waals surface area contributed by atoms with E-state index in [-0.39, 0.29) is 0 Å². The van der Waals surface area contributed by atoms with Crippen molar-refractivity contribution >= 4 is 5.97 Å². The summed E-state index contributed by atoms with van der Waals surface area (Å²) in [7, 11) is 0. The Morgan fingerprint density at radius 3 is 2.92 bits per heavy atom. The summed E-state index contributed by atoms with van der Waals surface area (Å²) in [4.78, 5) is 19.8. The van der Waals surface area contributed by atoms with Gasteiger partial charge in [0, 0.05) is 5.56 Å². The van der Waals surface area contributed by atoms with Gasteiger partial charge in [-0.3, -0.25) is 0 Å². The highest BCUT2D eigenvalue weighted by atomic mass is 17.2. The van der Waals surface area contributed by atoms with Crippen LogP contribution in [0.25, 0.3) is 0 Å². The maximum atomic E-state index is 10.6. The summed E-state index contributed by atoms with van der Waals surface area (Å²) in [6.45, 7) is 0. The lowest BCUT2D eigenvalue weighted by atomic mass is 10.1. The summed E-state index contributed by atoms with van der Waals surface area (Å²) in [5, 5.41) is 8.66. The molecule has 1 atom stereocenters. The standard InChI is InChI=1S/C8H6O4/c9-8(10)7-5-3-1-2-4-6(5)11-12-7/h1-4,7H,(H,9,10). The van der Waals surface area contributed by atoms with Gasteiger partial charge in [-0.1, -0.05) is 18.2 Å². The monoisotopic (exact) mass is 166 g/mol. The van der Waals surface area contributed by atoms with Crippen molar-refractivity contribution in [2.24, 2.45) is 0 Å². The van der Waals surface area contributed by atoms with Gasteiger partial charge in [0.2, 0.25) is 6.10 Å². The molecule has 1 heterocycles.